The van der Waals surface area contributed by atoms with Crippen LogP contribution in [0.4, 0.5) is 0 Å². The van der Waals surface area contributed by atoms with E-state index in [4.69, 9.17) is 0 Å². The Labute approximate surface area is 171 Å². The predicted molar refractivity (Wildman–Crippen MR) is 109 cm³/mol. The van der Waals surface area contributed by atoms with Gasteiger partial charge in [0, 0.05) is 51.9 Å². The molecule has 2 fully saturated rings. The highest BCUT2D eigenvalue weighted by atomic mass is 16.2. The third kappa shape index (κ3) is 4.66. The van der Waals surface area contributed by atoms with Gasteiger partial charge < -0.3 is 9.80 Å². The summed E-state index contributed by atoms with van der Waals surface area (Å²) in [7, 11) is 1.89. The predicted octanol–water partition coefficient (Wildman–Crippen LogP) is 2.18. The van der Waals surface area contributed by atoms with Crippen molar-refractivity contribution in [1.82, 2.24) is 24.6 Å². The molecule has 0 atom stereocenters. The van der Waals surface area contributed by atoms with Crippen molar-refractivity contribution in [1.29, 1.82) is 0 Å². The van der Waals surface area contributed by atoms with Crippen molar-refractivity contribution >= 4 is 11.8 Å². The number of likely N-dealkylation sites (tertiary alicyclic amines) is 2. The van der Waals surface area contributed by atoms with Gasteiger partial charge in [-0.05, 0) is 48.8 Å². The maximum atomic E-state index is 12.6. The molecule has 29 heavy (non-hydrogen) atoms. The van der Waals surface area contributed by atoms with E-state index in [1.807, 2.05) is 47.4 Å². The fourth-order valence-corrected chi connectivity index (χ4v) is 4.58. The SMILES string of the molecule is Cn1cc(CCC(=O)N2CCC3(CCC(=O)N(Cc4ccccn4)C3)CC2)cn1. The fraction of sp³-hybridized carbons (Fsp3) is 0.545. The van der Waals surface area contributed by atoms with Gasteiger partial charge in [-0.15, -0.1) is 0 Å². The van der Waals surface area contributed by atoms with Crippen LogP contribution in [-0.4, -0.2) is 56.0 Å². The number of hydrogen-bond donors (Lipinski definition) is 0. The summed E-state index contributed by atoms with van der Waals surface area (Å²) in [4.78, 5) is 33.4. The van der Waals surface area contributed by atoms with Crippen LogP contribution in [0.5, 0.6) is 0 Å². The van der Waals surface area contributed by atoms with Gasteiger partial charge in [-0.1, -0.05) is 6.07 Å². The molecular weight excluding hydrogens is 366 g/mol. The lowest BCUT2D eigenvalue weighted by Gasteiger charge is -2.47. The second kappa shape index (κ2) is 8.35. The molecule has 0 unspecified atom stereocenters. The molecule has 4 heterocycles. The third-order valence-corrected chi connectivity index (χ3v) is 6.39. The van der Waals surface area contributed by atoms with Crippen LogP contribution in [0.3, 0.4) is 0 Å². The molecule has 2 aliphatic rings. The van der Waals surface area contributed by atoms with Crippen molar-refractivity contribution in [3.05, 3.63) is 48.0 Å². The number of amides is 2. The molecule has 0 aliphatic carbocycles. The number of rotatable bonds is 5. The third-order valence-electron chi connectivity index (χ3n) is 6.39. The summed E-state index contributed by atoms with van der Waals surface area (Å²) in [6.45, 7) is 2.93. The van der Waals surface area contributed by atoms with Gasteiger partial charge in [-0.2, -0.15) is 5.10 Å². The number of carbonyl (C=O) groups excluding carboxylic acids is 2. The Morgan fingerprint density at radius 2 is 2.03 bits per heavy atom. The maximum absolute atomic E-state index is 12.6. The molecule has 7 heteroatoms. The lowest BCUT2D eigenvalue weighted by Crippen LogP contribution is -2.52. The molecule has 2 aromatic rings. The fourth-order valence-electron chi connectivity index (χ4n) is 4.58. The molecule has 0 N–H and O–H groups in total. The van der Waals surface area contributed by atoms with Crippen molar-refractivity contribution < 1.29 is 9.59 Å². The van der Waals surface area contributed by atoms with Crippen LogP contribution in [-0.2, 0) is 29.6 Å². The van der Waals surface area contributed by atoms with E-state index in [0.717, 1.165) is 56.6 Å². The monoisotopic (exact) mass is 395 g/mol. The minimum atomic E-state index is 0.142. The minimum absolute atomic E-state index is 0.142. The van der Waals surface area contributed by atoms with E-state index >= 15 is 0 Å². The zero-order chi connectivity index (χ0) is 20.3. The Kier molecular flexibility index (Phi) is 5.65. The largest absolute Gasteiger partial charge is 0.343 e. The molecule has 0 radical (unpaired) electrons. The van der Waals surface area contributed by atoms with Crippen LogP contribution in [0, 0.1) is 5.41 Å². The van der Waals surface area contributed by atoms with Crippen LogP contribution in [0.1, 0.15) is 43.4 Å². The number of piperidine rings is 2. The average Bonchev–Trinajstić information content (AvgIpc) is 3.16. The molecule has 2 amide bonds. The molecule has 0 bridgehead atoms. The number of hydrogen-bond acceptors (Lipinski definition) is 4. The van der Waals surface area contributed by atoms with Gasteiger partial charge in [0.2, 0.25) is 11.8 Å². The van der Waals surface area contributed by atoms with Crippen molar-refractivity contribution in [2.75, 3.05) is 19.6 Å². The zero-order valence-corrected chi connectivity index (χ0v) is 17.1. The van der Waals surface area contributed by atoms with Crippen molar-refractivity contribution in [2.24, 2.45) is 12.5 Å². The Bertz CT molecular complexity index is 855. The smallest absolute Gasteiger partial charge is 0.222 e. The van der Waals surface area contributed by atoms with E-state index in [9.17, 15) is 9.59 Å². The summed E-state index contributed by atoms with van der Waals surface area (Å²) in [6.07, 6.45) is 10.3. The molecule has 2 aliphatic heterocycles. The first-order chi connectivity index (χ1) is 14.0. The molecule has 2 aromatic heterocycles. The molecule has 2 saturated heterocycles. The first-order valence-electron chi connectivity index (χ1n) is 10.5. The van der Waals surface area contributed by atoms with Gasteiger partial charge in [0.05, 0.1) is 18.4 Å². The van der Waals surface area contributed by atoms with Crippen LogP contribution < -0.4 is 0 Å². The van der Waals surface area contributed by atoms with E-state index in [1.54, 1.807) is 10.9 Å². The number of aromatic nitrogens is 3. The highest BCUT2D eigenvalue weighted by molar-refractivity contribution is 5.78. The number of carbonyl (C=O) groups is 2. The second-order valence-electron chi connectivity index (χ2n) is 8.47. The standard InChI is InChI=1S/C22H29N5O2/c1-25-15-18(14-24-25)5-6-20(28)26-12-9-22(10-13-26)8-7-21(29)27(17-22)16-19-4-2-3-11-23-19/h2-4,11,14-15H,5-10,12-13,16-17H2,1H3. The van der Waals surface area contributed by atoms with Crippen LogP contribution >= 0.6 is 0 Å². The van der Waals surface area contributed by atoms with E-state index in [-0.39, 0.29) is 17.2 Å². The van der Waals surface area contributed by atoms with Crippen molar-refractivity contribution in [2.45, 2.75) is 45.1 Å². The Balaban J connectivity index is 1.30. The number of pyridine rings is 1. The molecule has 0 saturated carbocycles. The van der Waals surface area contributed by atoms with Gasteiger partial charge >= 0.3 is 0 Å². The highest BCUT2D eigenvalue weighted by Crippen LogP contribution is 2.40. The molecule has 154 valence electrons. The number of nitrogens with zero attached hydrogens (tertiary/aromatic N) is 5. The summed E-state index contributed by atoms with van der Waals surface area (Å²) < 4.78 is 1.77. The summed E-state index contributed by atoms with van der Waals surface area (Å²) in [6, 6.07) is 5.82. The lowest BCUT2D eigenvalue weighted by molar-refractivity contribution is -0.143. The molecule has 1 spiro atoms. The molecule has 4 rings (SSSR count). The van der Waals surface area contributed by atoms with Gasteiger partial charge in [0.25, 0.3) is 0 Å². The first-order valence-corrected chi connectivity index (χ1v) is 10.5. The van der Waals surface area contributed by atoms with Crippen LogP contribution in [0.15, 0.2) is 36.8 Å². The Hall–Kier alpha value is -2.70. The minimum Gasteiger partial charge on any atom is -0.343 e. The van der Waals surface area contributed by atoms with Gasteiger partial charge in [0.15, 0.2) is 0 Å². The van der Waals surface area contributed by atoms with E-state index in [2.05, 4.69) is 10.1 Å². The quantitative estimate of drug-likeness (QED) is 0.778. The maximum Gasteiger partial charge on any atom is 0.222 e. The normalized spacial score (nSPS) is 19.0. The van der Waals surface area contributed by atoms with Crippen molar-refractivity contribution in [3.63, 3.8) is 0 Å². The van der Waals surface area contributed by atoms with E-state index in [1.165, 1.54) is 0 Å². The van der Waals surface area contributed by atoms with Gasteiger partial charge in [-0.3, -0.25) is 19.3 Å². The van der Waals surface area contributed by atoms with Gasteiger partial charge in [0.1, 0.15) is 0 Å². The van der Waals surface area contributed by atoms with E-state index in [0.29, 0.717) is 19.4 Å². The average molecular weight is 396 g/mol. The topological polar surface area (TPSA) is 71.3 Å². The second-order valence-corrected chi connectivity index (χ2v) is 8.47. The van der Waals surface area contributed by atoms with E-state index < -0.39 is 0 Å². The summed E-state index contributed by atoms with van der Waals surface area (Å²) in [5.41, 5.74) is 2.18. The molecule has 7 nitrogen and oxygen atoms in total. The summed E-state index contributed by atoms with van der Waals surface area (Å²) >= 11 is 0. The summed E-state index contributed by atoms with van der Waals surface area (Å²) in [5, 5.41) is 4.16. The van der Waals surface area contributed by atoms with Gasteiger partial charge in [-0.25, -0.2) is 0 Å². The first kappa shape index (κ1) is 19.6. The van der Waals surface area contributed by atoms with Crippen molar-refractivity contribution in [3.8, 4) is 0 Å². The molecular formula is C22H29N5O2. The van der Waals surface area contributed by atoms with Crippen LogP contribution in [0.25, 0.3) is 0 Å². The lowest BCUT2D eigenvalue weighted by atomic mass is 9.72. The Morgan fingerprint density at radius 1 is 1.21 bits per heavy atom. The Morgan fingerprint density at radius 3 is 2.72 bits per heavy atom. The number of aryl methyl sites for hydroxylation is 2. The molecule has 0 aromatic carbocycles. The summed E-state index contributed by atoms with van der Waals surface area (Å²) in [5.74, 6) is 0.442. The van der Waals surface area contributed by atoms with Crippen LogP contribution in [0.2, 0.25) is 0 Å². The highest BCUT2D eigenvalue weighted by Gasteiger charge is 2.41. The zero-order valence-electron chi connectivity index (χ0n) is 17.1.